The van der Waals surface area contributed by atoms with Crippen molar-refractivity contribution in [3.8, 4) is 5.75 Å². The maximum absolute atomic E-state index is 6.05. The van der Waals surface area contributed by atoms with E-state index in [2.05, 4.69) is 27.5 Å². The minimum absolute atomic E-state index is 0.725. The SMILES string of the molecule is COc1ccc(Cl)cc1CN(C)CCCn1nnnc1C. The summed E-state index contributed by atoms with van der Waals surface area (Å²) in [6, 6.07) is 5.68. The number of hydrogen-bond donors (Lipinski definition) is 0. The van der Waals surface area contributed by atoms with Crippen molar-refractivity contribution >= 4 is 11.6 Å². The molecule has 0 saturated heterocycles. The summed E-state index contributed by atoms with van der Waals surface area (Å²) in [5, 5.41) is 12.2. The number of benzene rings is 1. The van der Waals surface area contributed by atoms with Crippen LogP contribution in [0.25, 0.3) is 0 Å². The molecular weight excluding hydrogens is 290 g/mol. The van der Waals surface area contributed by atoms with Crippen LogP contribution in [0.5, 0.6) is 5.75 Å². The van der Waals surface area contributed by atoms with Gasteiger partial charge in [-0.05, 0) is 55.6 Å². The maximum Gasteiger partial charge on any atom is 0.148 e. The molecule has 2 aromatic rings. The number of hydrogen-bond acceptors (Lipinski definition) is 5. The predicted octanol–water partition coefficient (Wildman–Crippen LogP) is 2.17. The Balaban J connectivity index is 1.85. The van der Waals surface area contributed by atoms with Crippen LogP contribution in [-0.4, -0.2) is 45.8 Å². The first-order chi connectivity index (χ1) is 10.1. The Morgan fingerprint density at radius 1 is 1.38 bits per heavy atom. The lowest BCUT2D eigenvalue weighted by Gasteiger charge is -2.18. The zero-order valence-corrected chi connectivity index (χ0v) is 13.3. The van der Waals surface area contributed by atoms with E-state index in [9.17, 15) is 0 Å². The average molecular weight is 310 g/mol. The molecule has 1 heterocycles. The van der Waals surface area contributed by atoms with Gasteiger partial charge in [0.1, 0.15) is 11.6 Å². The predicted molar refractivity (Wildman–Crippen MR) is 81.5 cm³/mol. The van der Waals surface area contributed by atoms with E-state index >= 15 is 0 Å². The quantitative estimate of drug-likeness (QED) is 0.784. The van der Waals surface area contributed by atoms with Crippen molar-refractivity contribution in [2.45, 2.75) is 26.4 Å². The van der Waals surface area contributed by atoms with Crippen LogP contribution in [0.15, 0.2) is 18.2 Å². The first kappa shape index (κ1) is 15.7. The van der Waals surface area contributed by atoms with E-state index in [0.29, 0.717) is 0 Å². The molecule has 0 N–H and O–H groups in total. The highest BCUT2D eigenvalue weighted by Crippen LogP contribution is 2.23. The molecule has 0 atom stereocenters. The third-order valence-corrected chi connectivity index (χ3v) is 3.54. The summed E-state index contributed by atoms with van der Waals surface area (Å²) in [4.78, 5) is 2.23. The molecule has 21 heavy (non-hydrogen) atoms. The van der Waals surface area contributed by atoms with Gasteiger partial charge in [0.2, 0.25) is 0 Å². The van der Waals surface area contributed by atoms with Gasteiger partial charge in [-0.3, -0.25) is 0 Å². The number of aromatic nitrogens is 4. The van der Waals surface area contributed by atoms with Gasteiger partial charge in [-0.1, -0.05) is 11.6 Å². The van der Waals surface area contributed by atoms with E-state index in [1.165, 1.54) is 0 Å². The standard InChI is InChI=1S/C14H20ClN5O/c1-11-16-17-18-20(11)8-4-7-19(2)10-12-9-13(15)5-6-14(12)21-3/h5-6,9H,4,7-8,10H2,1-3H3. The number of tetrazole rings is 1. The maximum atomic E-state index is 6.05. The lowest BCUT2D eigenvalue weighted by molar-refractivity contribution is 0.303. The van der Waals surface area contributed by atoms with E-state index in [1.54, 1.807) is 7.11 Å². The zero-order chi connectivity index (χ0) is 15.2. The minimum Gasteiger partial charge on any atom is -0.496 e. The Morgan fingerprint density at radius 2 is 2.19 bits per heavy atom. The molecule has 114 valence electrons. The minimum atomic E-state index is 0.725. The third-order valence-electron chi connectivity index (χ3n) is 3.30. The van der Waals surface area contributed by atoms with Crippen LogP contribution in [0.1, 0.15) is 17.8 Å². The van der Waals surface area contributed by atoms with Crippen LogP contribution < -0.4 is 4.74 Å². The molecule has 0 bridgehead atoms. The monoisotopic (exact) mass is 309 g/mol. The summed E-state index contributed by atoms with van der Waals surface area (Å²) in [6.07, 6.45) is 0.977. The summed E-state index contributed by atoms with van der Waals surface area (Å²) in [7, 11) is 3.75. The van der Waals surface area contributed by atoms with Gasteiger partial charge in [0, 0.05) is 23.7 Å². The van der Waals surface area contributed by atoms with Gasteiger partial charge in [0.25, 0.3) is 0 Å². The van der Waals surface area contributed by atoms with E-state index in [4.69, 9.17) is 16.3 Å². The summed E-state index contributed by atoms with van der Waals surface area (Å²) in [5.74, 6) is 1.71. The topological polar surface area (TPSA) is 56.1 Å². The van der Waals surface area contributed by atoms with Gasteiger partial charge in [-0.2, -0.15) is 0 Å². The van der Waals surface area contributed by atoms with E-state index in [0.717, 1.165) is 48.2 Å². The molecule has 1 aromatic heterocycles. The number of nitrogens with zero attached hydrogens (tertiary/aromatic N) is 5. The molecule has 0 aliphatic heterocycles. The van der Waals surface area contributed by atoms with Crippen molar-refractivity contribution in [2.24, 2.45) is 0 Å². The van der Waals surface area contributed by atoms with E-state index in [1.807, 2.05) is 29.8 Å². The largest absolute Gasteiger partial charge is 0.496 e. The molecule has 7 heteroatoms. The second-order valence-corrected chi connectivity index (χ2v) is 5.43. The smallest absolute Gasteiger partial charge is 0.148 e. The number of rotatable bonds is 7. The molecular formula is C14H20ClN5O. The van der Waals surface area contributed by atoms with Crippen molar-refractivity contribution in [1.29, 1.82) is 0 Å². The van der Waals surface area contributed by atoms with Gasteiger partial charge in [-0.15, -0.1) is 5.10 Å². The summed E-state index contributed by atoms with van der Waals surface area (Å²) in [5.41, 5.74) is 1.09. The Hall–Kier alpha value is -1.66. The molecule has 0 unspecified atom stereocenters. The van der Waals surface area contributed by atoms with E-state index < -0.39 is 0 Å². The van der Waals surface area contributed by atoms with Crippen molar-refractivity contribution in [1.82, 2.24) is 25.1 Å². The highest BCUT2D eigenvalue weighted by atomic mass is 35.5. The lowest BCUT2D eigenvalue weighted by atomic mass is 10.2. The fourth-order valence-corrected chi connectivity index (χ4v) is 2.38. The second kappa shape index (κ2) is 7.38. The molecule has 1 aromatic carbocycles. The van der Waals surface area contributed by atoms with Crippen molar-refractivity contribution in [3.05, 3.63) is 34.6 Å². The zero-order valence-electron chi connectivity index (χ0n) is 12.6. The molecule has 2 rings (SSSR count). The van der Waals surface area contributed by atoms with Crippen LogP contribution in [0.3, 0.4) is 0 Å². The van der Waals surface area contributed by atoms with Crippen LogP contribution in [-0.2, 0) is 13.1 Å². The molecule has 0 aliphatic rings. The fourth-order valence-electron chi connectivity index (χ4n) is 2.19. The van der Waals surface area contributed by atoms with Gasteiger partial charge in [0.05, 0.1) is 7.11 Å². The van der Waals surface area contributed by atoms with Crippen molar-refractivity contribution < 1.29 is 4.74 Å². The third kappa shape index (κ3) is 4.41. The number of methoxy groups -OCH3 is 1. The molecule has 0 spiro atoms. The number of aryl methyl sites for hydroxylation is 2. The van der Waals surface area contributed by atoms with Crippen LogP contribution in [0.4, 0.5) is 0 Å². The first-order valence-corrected chi connectivity index (χ1v) is 7.21. The molecule has 0 radical (unpaired) electrons. The highest BCUT2D eigenvalue weighted by Gasteiger charge is 2.08. The van der Waals surface area contributed by atoms with Crippen LogP contribution >= 0.6 is 11.6 Å². The van der Waals surface area contributed by atoms with Gasteiger partial charge >= 0.3 is 0 Å². The Kier molecular flexibility index (Phi) is 5.52. The Morgan fingerprint density at radius 3 is 2.86 bits per heavy atom. The average Bonchev–Trinajstić information content (AvgIpc) is 2.85. The van der Waals surface area contributed by atoms with Crippen LogP contribution in [0, 0.1) is 6.92 Å². The number of ether oxygens (including phenoxy) is 1. The van der Waals surface area contributed by atoms with Gasteiger partial charge in [-0.25, -0.2) is 4.68 Å². The van der Waals surface area contributed by atoms with E-state index in [-0.39, 0.29) is 0 Å². The summed E-state index contributed by atoms with van der Waals surface area (Å²) < 4.78 is 7.18. The van der Waals surface area contributed by atoms with Gasteiger partial charge in [0.15, 0.2) is 0 Å². The van der Waals surface area contributed by atoms with Gasteiger partial charge < -0.3 is 9.64 Å². The second-order valence-electron chi connectivity index (χ2n) is 5.00. The summed E-state index contributed by atoms with van der Waals surface area (Å²) in [6.45, 7) is 4.45. The van der Waals surface area contributed by atoms with Crippen molar-refractivity contribution in [3.63, 3.8) is 0 Å². The molecule has 0 saturated carbocycles. The Labute approximate surface area is 129 Å². The molecule has 0 amide bonds. The molecule has 0 fully saturated rings. The molecule has 6 nitrogen and oxygen atoms in total. The normalized spacial score (nSPS) is 11.1. The fraction of sp³-hybridized carbons (Fsp3) is 0.500. The number of halogens is 1. The molecule has 0 aliphatic carbocycles. The van der Waals surface area contributed by atoms with Crippen molar-refractivity contribution in [2.75, 3.05) is 20.7 Å². The lowest BCUT2D eigenvalue weighted by Crippen LogP contribution is -2.21. The summed E-state index contributed by atoms with van der Waals surface area (Å²) >= 11 is 6.05. The Bertz CT molecular complexity index is 586. The highest BCUT2D eigenvalue weighted by molar-refractivity contribution is 6.30. The first-order valence-electron chi connectivity index (χ1n) is 6.84. The van der Waals surface area contributed by atoms with Crippen LogP contribution in [0.2, 0.25) is 5.02 Å².